The van der Waals surface area contributed by atoms with E-state index in [1.807, 2.05) is 12.2 Å². The van der Waals surface area contributed by atoms with Gasteiger partial charge in [0.2, 0.25) is 18.1 Å². The first kappa shape index (κ1) is 24.2. The molecule has 3 heterocycles. The molecule has 2 unspecified atom stereocenters. The van der Waals surface area contributed by atoms with Gasteiger partial charge >= 0.3 is 5.97 Å². The SMILES string of the molecule is CCOC1OC(=O)CC1NC(=O)[C@@H]1CC[C@H]2C/C=C\C[C@H](NC(=O)c3ccccc3Cl)C(=O)N21. The van der Waals surface area contributed by atoms with Crippen molar-refractivity contribution in [1.82, 2.24) is 15.5 Å². The summed E-state index contributed by atoms with van der Waals surface area (Å²) in [4.78, 5) is 52.9. The van der Waals surface area contributed by atoms with Gasteiger partial charge in [-0.15, -0.1) is 0 Å². The number of nitrogens with zero attached hydrogens (tertiary/aromatic N) is 1. The number of carbonyl (C=O) groups excluding carboxylic acids is 4. The number of fused-ring (bicyclic) bond motifs is 1. The van der Waals surface area contributed by atoms with Gasteiger partial charge in [-0.1, -0.05) is 35.9 Å². The number of esters is 1. The van der Waals surface area contributed by atoms with Crippen LogP contribution in [0.2, 0.25) is 5.02 Å². The van der Waals surface area contributed by atoms with E-state index >= 15 is 0 Å². The van der Waals surface area contributed by atoms with Crippen LogP contribution in [0.5, 0.6) is 0 Å². The lowest BCUT2D eigenvalue weighted by Gasteiger charge is -2.34. The van der Waals surface area contributed by atoms with E-state index in [0.717, 1.165) is 0 Å². The van der Waals surface area contributed by atoms with Crippen LogP contribution in [-0.4, -0.2) is 65.7 Å². The van der Waals surface area contributed by atoms with Crippen molar-refractivity contribution in [1.29, 1.82) is 0 Å². The molecule has 3 aliphatic heterocycles. The van der Waals surface area contributed by atoms with Crippen LogP contribution in [-0.2, 0) is 23.9 Å². The second kappa shape index (κ2) is 10.6. The van der Waals surface area contributed by atoms with E-state index in [-0.39, 0.29) is 29.8 Å². The highest BCUT2D eigenvalue weighted by atomic mass is 35.5. The largest absolute Gasteiger partial charge is 0.433 e. The maximum atomic E-state index is 13.6. The summed E-state index contributed by atoms with van der Waals surface area (Å²) in [7, 11) is 0. The van der Waals surface area contributed by atoms with Crippen molar-refractivity contribution in [3.05, 3.63) is 47.0 Å². The van der Waals surface area contributed by atoms with Gasteiger partial charge < -0.3 is 25.0 Å². The quantitative estimate of drug-likeness (QED) is 0.466. The van der Waals surface area contributed by atoms with Crippen LogP contribution in [0.25, 0.3) is 0 Å². The van der Waals surface area contributed by atoms with E-state index in [0.29, 0.717) is 37.3 Å². The van der Waals surface area contributed by atoms with Gasteiger partial charge in [0.1, 0.15) is 18.1 Å². The van der Waals surface area contributed by atoms with E-state index < -0.39 is 36.3 Å². The molecular formula is C24H28ClN3O6. The molecule has 0 aliphatic carbocycles. The van der Waals surface area contributed by atoms with Crippen LogP contribution in [0.4, 0.5) is 0 Å². The molecule has 3 aliphatic rings. The summed E-state index contributed by atoms with van der Waals surface area (Å²) < 4.78 is 10.6. The Bertz CT molecular complexity index is 999. The zero-order chi connectivity index (χ0) is 24.2. The lowest BCUT2D eigenvalue weighted by Crippen LogP contribution is -2.57. The van der Waals surface area contributed by atoms with Gasteiger partial charge in [-0.05, 0) is 44.7 Å². The fourth-order valence-electron chi connectivity index (χ4n) is 4.72. The number of rotatable bonds is 6. The van der Waals surface area contributed by atoms with Crippen molar-refractivity contribution in [3.63, 3.8) is 0 Å². The summed E-state index contributed by atoms with van der Waals surface area (Å²) in [6.07, 6.45) is 5.13. The Morgan fingerprint density at radius 1 is 1.15 bits per heavy atom. The van der Waals surface area contributed by atoms with Crippen molar-refractivity contribution in [2.24, 2.45) is 0 Å². The molecule has 1 aromatic carbocycles. The molecule has 0 bridgehead atoms. The number of ether oxygens (including phenoxy) is 2. The summed E-state index contributed by atoms with van der Waals surface area (Å²) >= 11 is 6.14. The Morgan fingerprint density at radius 2 is 1.91 bits per heavy atom. The van der Waals surface area contributed by atoms with Crippen molar-refractivity contribution in [2.45, 2.75) is 69.5 Å². The lowest BCUT2D eigenvalue weighted by molar-refractivity contribution is -0.164. The van der Waals surface area contributed by atoms with Crippen molar-refractivity contribution in [2.75, 3.05) is 6.61 Å². The molecule has 5 atom stereocenters. The number of amides is 3. The molecule has 2 fully saturated rings. The van der Waals surface area contributed by atoms with E-state index in [2.05, 4.69) is 10.6 Å². The molecule has 1 aromatic rings. The molecular weight excluding hydrogens is 462 g/mol. The number of nitrogens with one attached hydrogen (secondary N) is 2. The summed E-state index contributed by atoms with van der Waals surface area (Å²) in [5.41, 5.74) is 0.281. The molecule has 0 saturated carbocycles. The predicted molar refractivity (Wildman–Crippen MR) is 123 cm³/mol. The molecule has 34 heavy (non-hydrogen) atoms. The number of hydrogen-bond acceptors (Lipinski definition) is 6. The third-order valence-electron chi connectivity index (χ3n) is 6.35. The standard InChI is InChI=1S/C24H28ClN3O6/c1-2-33-24-18(13-20(29)34-24)27-22(31)19-12-11-14-7-3-6-10-17(23(32)28(14)19)26-21(30)15-8-4-5-9-16(15)25/h3-6,8-9,14,17-19,24H,2,7,10-13H2,1H3,(H,26,30)(H,27,31)/b6-3-/t14-,17+,18?,19+,24?/m1/s1. The van der Waals surface area contributed by atoms with Crippen LogP contribution in [0.1, 0.15) is 49.4 Å². The minimum absolute atomic E-state index is 0.0136. The average molecular weight is 490 g/mol. The fourth-order valence-corrected chi connectivity index (χ4v) is 4.94. The van der Waals surface area contributed by atoms with Gasteiger partial charge in [-0.3, -0.25) is 19.2 Å². The Balaban J connectivity index is 1.49. The monoisotopic (exact) mass is 489 g/mol. The Labute approximate surface area is 202 Å². The van der Waals surface area contributed by atoms with Crippen LogP contribution in [0, 0.1) is 0 Å². The van der Waals surface area contributed by atoms with Gasteiger partial charge in [-0.2, -0.15) is 0 Å². The zero-order valence-electron chi connectivity index (χ0n) is 18.9. The van der Waals surface area contributed by atoms with Gasteiger partial charge in [-0.25, -0.2) is 0 Å². The Kier molecular flexibility index (Phi) is 7.53. The predicted octanol–water partition coefficient (Wildman–Crippen LogP) is 1.94. The first-order chi connectivity index (χ1) is 16.4. The number of hydrogen-bond donors (Lipinski definition) is 2. The fraction of sp³-hybridized carbons (Fsp3) is 0.500. The molecule has 0 aromatic heterocycles. The first-order valence-electron chi connectivity index (χ1n) is 11.5. The molecule has 182 valence electrons. The maximum absolute atomic E-state index is 13.6. The van der Waals surface area contributed by atoms with E-state index in [1.165, 1.54) is 0 Å². The van der Waals surface area contributed by atoms with Gasteiger partial charge in [0.25, 0.3) is 5.91 Å². The summed E-state index contributed by atoms with van der Waals surface area (Å²) in [6.45, 7) is 2.11. The third kappa shape index (κ3) is 5.10. The van der Waals surface area contributed by atoms with Crippen LogP contribution in [0.15, 0.2) is 36.4 Å². The van der Waals surface area contributed by atoms with Gasteiger partial charge in [0.15, 0.2) is 0 Å². The molecule has 2 N–H and O–H groups in total. The maximum Gasteiger partial charge on any atom is 0.310 e. The second-order valence-electron chi connectivity index (χ2n) is 8.57. The highest BCUT2D eigenvalue weighted by molar-refractivity contribution is 6.33. The van der Waals surface area contributed by atoms with Crippen LogP contribution in [0.3, 0.4) is 0 Å². The lowest BCUT2D eigenvalue weighted by atomic mass is 10.0. The molecule has 0 radical (unpaired) electrons. The van der Waals surface area contributed by atoms with Crippen molar-refractivity contribution >= 4 is 35.3 Å². The third-order valence-corrected chi connectivity index (χ3v) is 6.68. The number of halogens is 1. The van der Waals surface area contributed by atoms with Gasteiger partial charge in [0.05, 0.1) is 17.0 Å². The van der Waals surface area contributed by atoms with E-state index in [4.69, 9.17) is 21.1 Å². The molecule has 10 heteroatoms. The molecule has 3 amide bonds. The Morgan fingerprint density at radius 3 is 2.68 bits per heavy atom. The minimum Gasteiger partial charge on any atom is -0.433 e. The summed E-state index contributed by atoms with van der Waals surface area (Å²) in [5.74, 6) is -1.56. The minimum atomic E-state index is -0.840. The Hall–Kier alpha value is -2.91. The number of carbonyl (C=O) groups is 4. The molecule has 4 rings (SSSR count). The molecule has 9 nitrogen and oxygen atoms in total. The smallest absolute Gasteiger partial charge is 0.310 e. The topological polar surface area (TPSA) is 114 Å². The summed E-state index contributed by atoms with van der Waals surface area (Å²) in [6, 6.07) is 4.33. The van der Waals surface area contributed by atoms with E-state index in [1.54, 1.807) is 36.1 Å². The summed E-state index contributed by atoms with van der Waals surface area (Å²) in [5, 5.41) is 5.92. The highest BCUT2D eigenvalue weighted by Crippen LogP contribution is 2.30. The zero-order valence-corrected chi connectivity index (χ0v) is 19.6. The van der Waals surface area contributed by atoms with Crippen LogP contribution < -0.4 is 10.6 Å². The molecule has 2 saturated heterocycles. The number of benzene rings is 1. The van der Waals surface area contributed by atoms with E-state index in [9.17, 15) is 19.2 Å². The highest BCUT2D eigenvalue weighted by Gasteiger charge is 2.45. The second-order valence-corrected chi connectivity index (χ2v) is 8.98. The normalized spacial score (nSPS) is 29.6. The molecule has 0 spiro atoms. The van der Waals surface area contributed by atoms with Gasteiger partial charge in [0, 0.05) is 12.6 Å². The van der Waals surface area contributed by atoms with Crippen LogP contribution >= 0.6 is 11.6 Å². The average Bonchev–Trinajstić information content (AvgIpc) is 3.37. The first-order valence-corrected chi connectivity index (χ1v) is 11.9. The van der Waals surface area contributed by atoms with Crippen molar-refractivity contribution < 1.29 is 28.7 Å². The number of cyclic esters (lactones) is 1. The van der Waals surface area contributed by atoms with Crippen molar-refractivity contribution in [3.8, 4) is 0 Å².